The maximum Gasteiger partial charge on any atom is 0.151 e. The molecule has 0 aliphatic rings. The van der Waals surface area contributed by atoms with Crippen molar-refractivity contribution in [2.45, 2.75) is 20.8 Å². The molecule has 0 spiro atoms. The van der Waals surface area contributed by atoms with Gasteiger partial charge in [0, 0.05) is 17.9 Å². The van der Waals surface area contributed by atoms with Gasteiger partial charge in [0.2, 0.25) is 0 Å². The first-order valence-corrected chi connectivity index (χ1v) is 6.38. The summed E-state index contributed by atoms with van der Waals surface area (Å²) in [5, 5.41) is 9.36. The van der Waals surface area contributed by atoms with Gasteiger partial charge < -0.3 is 4.90 Å². The van der Waals surface area contributed by atoms with Crippen molar-refractivity contribution in [2.75, 3.05) is 11.4 Å². The highest BCUT2D eigenvalue weighted by atomic mass is 15.2. The van der Waals surface area contributed by atoms with Gasteiger partial charge in [-0.1, -0.05) is 18.2 Å². The summed E-state index contributed by atoms with van der Waals surface area (Å²) in [6.07, 6.45) is 0. The highest BCUT2D eigenvalue weighted by molar-refractivity contribution is 5.67. The summed E-state index contributed by atoms with van der Waals surface area (Å²) < 4.78 is 0. The number of hydrogen-bond donors (Lipinski definition) is 0. The zero-order chi connectivity index (χ0) is 13.8. The van der Waals surface area contributed by atoms with Crippen molar-refractivity contribution >= 4 is 11.5 Å². The fourth-order valence-electron chi connectivity index (χ4n) is 2.21. The molecule has 0 amide bonds. The molecule has 0 N–H and O–H groups in total. The second-order valence-corrected chi connectivity index (χ2v) is 4.47. The van der Waals surface area contributed by atoms with E-state index in [1.807, 2.05) is 50.2 Å². The van der Waals surface area contributed by atoms with Gasteiger partial charge in [-0.3, -0.25) is 0 Å². The highest BCUT2D eigenvalue weighted by Crippen LogP contribution is 2.28. The molecule has 3 nitrogen and oxygen atoms in total. The molecule has 0 saturated carbocycles. The third kappa shape index (κ3) is 2.58. The molecular formula is C16H17N3. The van der Waals surface area contributed by atoms with E-state index in [0.717, 1.165) is 29.3 Å². The predicted octanol–water partition coefficient (Wildman–Crippen LogP) is 3.73. The zero-order valence-electron chi connectivity index (χ0n) is 11.5. The van der Waals surface area contributed by atoms with Gasteiger partial charge in [0.25, 0.3) is 0 Å². The number of benzene rings is 1. The Bertz CT molecular complexity index is 612. The Morgan fingerprint density at radius 3 is 2.47 bits per heavy atom. The SMILES string of the molecule is CCN(c1ccccc1)c1nc(C)cc(C)c1C#N. The number of anilines is 2. The van der Waals surface area contributed by atoms with Crippen LogP contribution < -0.4 is 4.90 Å². The molecule has 0 aliphatic heterocycles. The Morgan fingerprint density at radius 2 is 1.89 bits per heavy atom. The molecule has 0 aliphatic carbocycles. The van der Waals surface area contributed by atoms with Crippen molar-refractivity contribution in [3.63, 3.8) is 0 Å². The fourth-order valence-corrected chi connectivity index (χ4v) is 2.21. The van der Waals surface area contributed by atoms with E-state index in [4.69, 9.17) is 0 Å². The van der Waals surface area contributed by atoms with E-state index in [1.54, 1.807) is 0 Å². The van der Waals surface area contributed by atoms with Crippen molar-refractivity contribution in [3.05, 3.63) is 53.2 Å². The van der Waals surface area contributed by atoms with Gasteiger partial charge in [-0.25, -0.2) is 4.98 Å². The summed E-state index contributed by atoms with van der Waals surface area (Å²) in [5.41, 5.74) is 3.61. The van der Waals surface area contributed by atoms with Crippen LogP contribution in [0.25, 0.3) is 0 Å². The van der Waals surface area contributed by atoms with Gasteiger partial charge in [0.15, 0.2) is 5.82 Å². The fraction of sp³-hybridized carbons (Fsp3) is 0.250. The van der Waals surface area contributed by atoms with Gasteiger partial charge >= 0.3 is 0 Å². The Balaban J connectivity index is 2.59. The molecule has 2 aromatic rings. The summed E-state index contributed by atoms with van der Waals surface area (Å²) in [5.74, 6) is 0.744. The number of nitriles is 1. The van der Waals surface area contributed by atoms with Crippen molar-refractivity contribution in [1.82, 2.24) is 4.98 Å². The number of rotatable bonds is 3. The zero-order valence-corrected chi connectivity index (χ0v) is 11.5. The summed E-state index contributed by atoms with van der Waals surface area (Å²) in [6.45, 7) is 6.74. The first kappa shape index (κ1) is 13.1. The predicted molar refractivity (Wildman–Crippen MR) is 77.5 cm³/mol. The molecule has 3 heteroatoms. The van der Waals surface area contributed by atoms with Crippen molar-refractivity contribution < 1.29 is 0 Å². The van der Waals surface area contributed by atoms with Crippen LogP contribution in [0, 0.1) is 25.2 Å². The van der Waals surface area contributed by atoms with Gasteiger partial charge in [0.1, 0.15) is 6.07 Å². The summed E-state index contributed by atoms with van der Waals surface area (Å²) >= 11 is 0. The summed E-state index contributed by atoms with van der Waals surface area (Å²) in [4.78, 5) is 6.62. The molecule has 1 heterocycles. The lowest BCUT2D eigenvalue weighted by atomic mass is 10.1. The van der Waals surface area contributed by atoms with Crippen molar-refractivity contribution in [1.29, 1.82) is 5.26 Å². The number of nitrogens with zero attached hydrogens (tertiary/aromatic N) is 3. The number of hydrogen-bond acceptors (Lipinski definition) is 3. The summed E-state index contributed by atoms with van der Waals surface area (Å²) in [6, 6.07) is 14.2. The first-order valence-electron chi connectivity index (χ1n) is 6.38. The van der Waals surface area contributed by atoms with Crippen LogP contribution in [0.2, 0.25) is 0 Å². The van der Waals surface area contributed by atoms with E-state index in [0.29, 0.717) is 5.56 Å². The number of pyridine rings is 1. The number of para-hydroxylation sites is 1. The lowest BCUT2D eigenvalue weighted by molar-refractivity contribution is 0.970. The van der Waals surface area contributed by atoms with Crippen molar-refractivity contribution in [3.8, 4) is 6.07 Å². The second kappa shape index (κ2) is 5.53. The van der Waals surface area contributed by atoms with Crippen LogP contribution in [-0.2, 0) is 0 Å². The molecule has 19 heavy (non-hydrogen) atoms. The molecule has 0 radical (unpaired) electrons. The standard InChI is InChI=1S/C16H17N3/c1-4-19(14-8-6-5-7-9-14)16-15(11-17)12(2)10-13(3)18-16/h5-10H,4H2,1-3H3. The largest absolute Gasteiger partial charge is 0.326 e. The van der Waals surface area contributed by atoms with E-state index in [-0.39, 0.29) is 0 Å². The van der Waals surface area contributed by atoms with Gasteiger partial charge in [-0.05, 0) is 44.5 Å². The van der Waals surface area contributed by atoms with E-state index < -0.39 is 0 Å². The Hall–Kier alpha value is -2.34. The second-order valence-electron chi connectivity index (χ2n) is 4.47. The normalized spacial score (nSPS) is 10.0. The van der Waals surface area contributed by atoms with Crippen LogP contribution in [0.3, 0.4) is 0 Å². The minimum atomic E-state index is 0.649. The van der Waals surface area contributed by atoms with Crippen LogP contribution in [0.5, 0.6) is 0 Å². The highest BCUT2D eigenvalue weighted by Gasteiger charge is 2.15. The van der Waals surface area contributed by atoms with Crippen LogP contribution in [0.1, 0.15) is 23.7 Å². The summed E-state index contributed by atoms with van der Waals surface area (Å²) in [7, 11) is 0. The van der Waals surface area contributed by atoms with Crippen LogP contribution in [-0.4, -0.2) is 11.5 Å². The molecule has 0 bridgehead atoms. The van der Waals surface area contributed by atoms with E-state index in [2.05, 4.69) is 22.9 Å². The average Bonchev–Trinajstić information content (AvgIpc) is 2.40. The Morgan fingerprint density at radius 1 is 1.21 bits per heavy atom. The number of aromatic nitrogens is 1. The van der Waals surface area contributed by atoms with Crippen LogP contribution in [0.15, 0.2) is 36.4 Å². The van der Waals surface area contributed by atoms with E-state index in [1.165, 1.54) is 0 Å². The molecule has 1 aromatic carbocycles. The molecule has 1 aromatic heterocycles. The van der Waals surface area contributed by atoms with Gasteiger partial charge in [-0.15, -0.1) is 0 Å². The topological polar surface area (TPSA) is 39.9 Å². The Labute approximate surface area is 114 Å². The maximum atomic E-state index is 9.36. The van der Waals surface area contributed by atoms with Crippen LogP contribution in [0.4, 0.5) is 11.5 Å². The lowest BCUT2D eigenvalue weighted by Crippen LogP contribution is -2.19. The molecule has 96 valence electrons. The molecule has 2 rings (SSSR count). The molecule has 0 saturated heterocycles. The lowest BCUT2D eigenvalue weighted by Gasteiger charge is -2.24. The van der Waals surface area contributed by atoms with E-state index in [9.17, 15) is 5.26 Å². The number of aryl methyl sites for hydroxylation is 2. The Kier molecular flexibility index (Phi) is 3.82. The average molecular weight is 251 g/mol. The van der Waals surface area contributed by atoms with Gasteiger partial charge in [0.05, 0.1) is 5.56 Å². The van der Waals surface area contributed by atoms with E-state index >= 15 is 0 Å². The maximum absolute atomic E-state index is 9.36. The monoisotopic (exact) mass is 251 g/mol. The minimum absolute atomic E-state index is 0.649. The quantitative estimate of drug-likeness (QED) is 0.834. The molecule has 0 fully saturated rings. The minimum Gasteiger partial charge on any atom is -0.326 e. The van der Waals surface area contributed by atoms with Crippen LogP contribution >= 0.6 is 0 Å². The molecule has 0 atom stereocenters. The smallest absolute Gasteiger partial charge is 0.151 e. The molecular weight excluding hydrogens is 234 g/mol. The van der Waals surface area contributed by atoms with Crippen molar-refractivity contribution in [2.24, 2.45) is 0 Å². The third-order valence-corrected chi connectivity index (χ3v) is 3.08. The first-order chi connectivity index (χ1) is 9.17. The van der Waals surface area contributed by atoms with Gasteiger partial charge in [-0.2, -0.15) is 5.26 Å². The molecule has 0 unspecified atom stereocenters. The third-order valence-electron chi connectivity index (χ3n) is 3.08.